The summed E-state index contributed by atoms with van der Waals surface area (Å²) in [5, 5.41) is 9.71. The van der Waals surface area contributed by atoms with Crippen molar-refractivity contribution >= 4 is 23.3 Å². The van der Waals surface area contributed by atoms with Crippen LogP contribution in [0.3, 0.4) is 0 Å². The number of rotatable bonds is 6. The van der Waals surface area contributed by atoms with Crippen LogP contribution in [-0.2, 0) is 11.3 Å². The van der Waals surface area contributed by atoms with E-state index in [9.17, 15) is 9.59 Å². The second kappa shape index (κ2) is 8.14. The zero-order valence-electron chi connectivity index (χ0n) is 13.2. The van der Waals surface area contributed by atoms with Gasteiger partial charge in [0.05, 0.1) is 0 Å². The topological polar surface area (TPSA) is 64.7 Å². The zero-order chi connectivity index (χ0) is 15.9. The van der Waals surface area contributed by atoms with Crippen LogP contribution in [0.1, 0.15) is 18.4 Å². The minimum absolute atomic E-state index is 0.0808. The van der Waals surface area contributed by atoms with Crippen molar-refractivity contribution in [1.29, 1.82) is 0 Å². The quantitative estimate of drug-likeness (QED) is 0.823. The highest BCUT2D eigenvalue weighted by atomic mass is 32.1. The smallest absolute Gasteiger partial charge is 0.318 e. The van der Waals surface area contributed by atoms with Gasteiger partial charge in [0.15, 0.2) is 0 Å². The van der Waals surface area contributed by atoms with E-state index in [0.29, 0.717) is 26.1 Å². The summed E-state index contributed by atoms with van der Waals surface area (Å²) in [5.41, 5.74) is 1.12. The fraction of sp³-hybridized carbons (Fsp3) is 0.600. The van der Waals surface area contributed by atoms with Crippen molar-refractivity contribution in [3.63, 3.8) is 0 Å². The van der Waals surface area contributed by atoms with Crippen LogP contribution in [0.5, 0.6) is 0 Å². The lowest BCUT2D eigenvalue weighted by Crippen LogP contribution is -2.54. The van der Waals surface area contributed by atoms with Gasteiger partial charge in [-0.15, -0.1) is 0 Å². The third-order valence-electron chi connectivity index (χ3n) is 3.64. The van der Waals surface area contributed by atoms with Crippen LogP contribution in [0.15, 0.2) is 16.8 Å². The fourth-order valence-electron chi connectivity index (χ4n) is 2.33. The molecule has 0 saturated carbocycles. The van der Waals surface area contributed by atoms with Crippen LogP contribution in [-0.4, -0.2) is 61.5 Å². The summed E-state index contributed by atoms with van der Waals surface area (Å²) in [6.07, 6.45) is 1.61. The molecule has 1 aliphatic heterocycles. The number of urea groups is 1. The van der Waals surface area contributed by atoms with E-state index in [-0.39, 0.29) is 11.9 Å². The predicted octanol–water partition coefficient (Wildman–Crippen LogP) is 1.10. The number of carbonyl (C=O) groups excluding carboxylic acids is 2. The van der Waals surface area contributed by atoms with Crippen molar-refractivity contribution in [3.8, 4) is 0 Å². The number of carbonyl (C=O) groups is 2. The molecule has 7 heteroatoms. The normalized spacial score (nSPS) is 18.1. The molecule has 1 saturated heterocycles. The lowest BCUT2D eigenvalue weighted by Gasteiger charge is -2.28. The van der Waals surface area contributed by atoms with Gasteiger partial charge in [-0.25, -0.2) is 4.79 Å². The van der Waals surface area contributed by atoms with Gasteiger partial charge in [-0.3, -0.25) is 4.79 Å². The molecule has 0 bridgehead atoms. The van der Waals surface area contributed by atoms with E-state index >= 15 is 0 Å². The van der Waals surface area contributed by atoms with E-state index in [1.807, 2.05) is 35.8 Å². The van der Waals surface area contributed by atoms with Crippen LogP contribution in [0.2, 0.25) is 0 Å². The SMILES string of the molecule is CN(C)CCN(Cc1ccsc1)C(=O)N[C@H]1CCCNC1=O. The maximum absolute atomic E-state index is 12.5. The van der Waals surface area contributed by atoms with Crippen LogP contribution in [0.25, 0.3) is 0 Å². The fourth-order valence-corrected chi connectivity index (χ4v) is 2.99. The highest BCUT2D eigenvalue weighted by Gasteiger charge is 2.25. The summed E-state index contributed by atoms with van der Waals surface area (Å²) >= 11 is 1.62. The highest BCUT2D eigenvalue weighted by molar-refractivity contribution is 7.07. The molecule has 0 spiro atoms. The molecule has 1 aliphatic rings. The first kappa shape index (κ1) is 16.8. The van der Waals surface area contributed by atoms with E-state index < -0.39 is 6.04 Å². The average molecular weight is 324 g/mol. The summed E-state index contributed by atoms with van der Waals surface area (Å²) in [7, 11) is 3.96. The number of likely N-dealkylation sites (N-methyl/N-ethyl adjacent to an activating group) is 1. The standard InChI is InChI=1S/C15H24N4O2S/c1-18(2)7-8-19(10-12-5-9-22-11-12)15(21)17-13-4-3-6-16-14(13)20/h5,9,11,13H,3-4,6-8,10H2,1-2H3,(H,16,20)(H,17,21)/t13-/m0/s1. The largest absolute Gasteiger partial charge is 0.354 e. The minimum Gasteiger partial charge on any atom is -0.354 e. The first-order valence-electron chi connectivity index (χ1n) is 7.55. The van der Waals surface area contributed by atoms with E-state index in [0.717, 1.165) is 18.5 Å². The Morgan fingerprint density at radius 2 is 2.27 bits per heavy atom. The summed E-state index contributed by atoms with van der Waals surface area (Å²) in [5.74, 6) is -0.0808. The van der Waals surface area contributed by atoms with Crippen molar-refractivity contribution in [2.24, 2.45) is 0 Å². The molecule has 122 valence electrons. The number of piperidine rings is 1. The molecule has 2 N–H and O–H groups in total. The average Bonchev–Trinajstić information content (AvgIpc) is 2.98. The van der Waals surface area contributed by atoms with E-state index in [1.165, 1.54) is 0 Å². The van der Waals surface area contributed by atoms with Gasteiger partial charge in [0.2, 0.25) is 5.91 Å². The van der Waals surface area contributed by atoms with Gasteiger partial charge >= 0.3 is 6.03 Å². The summed E-state index contributed by atoms with van der Waals surface area (Å²) < 4.78 is 0. The molecule has 2 rings (SSSR count). The van der Waals surface area contributed by atoms with Gasteiger partial charge in [-0.05, 0) is 49.3 Å². The summed E-state index contributed by atoms with van der Waals surface area (Å²) in [6, 6.07) is 1.44. The molecular weight excluding hydrogens is 300 g/mol. The van der Waals surface area contributed by atoms with E-state index in [4.69, 9.17) is 0 Å². The van der Waals surface area contributed by atoms with Crippen molar-refractivity contribution in [2.75, 3.05) is 33.7 Å². The molecule has 1 atom stereocenters. The number of hydrogen-bond acceptors (Lipinski definition) is 4. The van der Waals surface area contributed by atoms with Crippen molar-refractivity contribution in [3.05, 3.63) is 22.4 Å². The number of nitrogens with zero attached hydrogens (tertiary/aromatic N) is 2. The second-order valence-electron chi connectivity index (χ2n) is 5.79. The molecule has 6 nitrogen and oxygen atoms in total. The Morgan fingerprint density at radius 3 is 2.91 bits per heavy atom. The van der Waals surface area contributed by atoms with Crippen LogP contribution >= 0.6 is 11.3 Å². The van der Waals surface area contributed by atoms with Crippen molar-refractivity contribution < 1.29 is 9.59 Å². The van der Waals surface area contributed by atoms with Crippen LogP contribution in [0, 0.1) is 0 Å². The lowest BCUT2D eigenvalue weighted by atomic mass is 10.1. The van der Waals surface area contributed by atoms with Crippen LogP contribution < -0.4 is 10.6 Å². The van der Waals surface area contributed by atoms with Gasteiger partial charge in [-0.2, -0.15) is 11.3 Å². The molecule has 0 radical (unpaired) electrons. The minimum atomic E-state index is -0.411. The molecule has 2 heterocycles. The Labute approximate surface area is 135 Å². The first-order chi connectivity index (χ1) is 10.6. The van der Waals surface area contributed by atoms with Gasteiger partial charge in [0.25, 0.3) is 0 Å². The third kappa shape index (κ3) is 4.99. The third-order valence-corrected chi connectivity index (χ3v) is 4.37. The van der Waals surface area contributed by atoms with Crippen molar-refractivity contribution in [1.82, 2.24) is 20.4 Å². The summed E-state index contributed by atoms with van der Waals surface area (Å²) in [6.45, 7) is 2.68. The Morgan fingerprint density at radius 1 is 1.45 bits per heavy atom. The Kier molecular flexibility index (Phi) is 6.21. The number of hydrogen-bond donors (Lipinski definition) is 2. The summed E-state index contributed by atoms with van der Waals surface area (Å²) in [4.78, 5) is 28.1. The molecule has 22 heavy (non-hydrogen) atoms. The Hall–Kier alpha value is -1.60. The number of nitrogens with one attached hydrogen (secondary N) is 2. The highest BCUT2D eigenvalue weighted by Crippen LogP contribution is 2.11. The number of amides is 3. The van der Waals surface area contributed by atoms with Crippen LogP contribution in [0.4, 0.5) is 4.79 Å². The number of thiophene rings is 1. The van der Waals surface area contributed by atoms with E-state index in [2.05, 4.69) is 10.6 Å². The van der Waals surface area contributed by atoms with Gasteiger partial charge in [0, 0.05) is 26.2 Å². The maximum Gasteiger partial charge on any atom is 0.318 e. The molecule has 0 aromatic carbocycles. The van der Waals surface area contributed by atoms with Crippen molar-refractivity contribution in [2.45, 2.75) is 25.4 Å². The van der Waals surface area contributed by atoms with Gasteiger partial charge < -0.3 is 20.4 Å². The first-order valence-corrected chi connectivity index (χ1v) is 8.49. The lowest BCUT2D eigenvalue weighted by molar-refractivity contribution is -0.124. The molecule has 1 aromatic rings. The van der Waals surface area contributed by atoms with Gasteiger partial charge in [0.1, 0.15) is 6.04 Å². The predicted molar refractivity (Wildman–Crippen MR) is 87.8 cm³/mol. The maximum atomic E-state index is 12.5. The molecule has 0 aliphatic carbocycles. The zero-order valence-corrected chi connectivity index (χ0v) is 14.0. The molecule has 1 fully saturated rings. The molecule has 0 unspecified atom stereocenters. The second-order valence-corrected chi connectivity index (χ2v) is 6.57. The monoisotopic (exact) mass is 324 g/mol. The molecule has 3 amide bonds. The van der Waals surface area contributed by atoms with Gasteiger partial charge in [-0.1, -0.05) is 0 Å². The van der Waals surface area contributed by atoms with E-state index in [1.54, 1.807) is 16.2 Å². The Balaban J connectivity index is 1.96. The molecule has 1 aromatic heterocycles. The Bertz CT molecular complexity index is 490. The molecular formula is C15H24N4O2S.